The Morgan fingerprint density at radius 3 is 2.29 bits per heavy atom. The van der Waals surface area contributed by atoms with Crippen LogP contribution in [0.25, 0.3) is 17.4 Å². The van der Waals surface area contributed by atoms with Crippen molar-refractivity contribution in [3.63, 3.8) is 0 Å². The Bertz CT molecular complexity index is 1340. The molecule has 4 N–H and O–H groups in total. The number of halogens is 1. The molecule has 1 aliphatic heterocycles. The third-order valence-electron chi connectivity index (χ3n) is 8.94. The van der Waals surface area contributed by atoms with Gasteiger partial charge in [-0.15, -0.1) is 12.4 Å². The predicted octanol–water partition coefficient (Wildman–Crippen LogP) is 5.62. The number of nitrogens with zero attached hydrogens (tertiary/aromatic N) is 2. The van der Waals surface area contributed by atoms with E-state index in [1.807, 2.05) is 35.2 Å². The van der Waals surface area contributed by atoms with Crippen LogP contribution in [-0.2, 0) is 11.2 Å². The fourth-order valence-corrected chi connectivity index (χ4v) is 8.82. The summed E-state index contributed by atoms with van der Waals surface area (Å²) in [6.45, 7) is 0.504. The number of amides is 1. The maximum Gasteiger partial charge on any atom is 0.266 e. The van der Waals surface area contributed by atoms with Crippen LogP contribution < -0.4 is 20.9 Å². The molecule has 1 saturated heterocycles. The van der Waals surface area contributed by atoms with Crippen molar-refractivity contribution in [2.45, 2.75) is 51.0 Å². The average Bonchev–Trinajstić information content (AvgIpc) is 3.45. The number of hydrogen-bond acceptors (Lipinski definition) is 7. The van der Waals surface area contributed by atoms with Gasteiger partial charge in [0, 0.05) is 30.3 Å². The fraction of sp³-hybridized carbons (Fsp3) is 0.500. The zero-order valence-corrected chi connectivity index (χ0v) is 25.8. The molecule has 4 saturated carbocycles. The Labute approximate surface area is 256 Å². The number of ether oxygens (including phenoxy) is 2. The van der Waals surface area contributed by atoms with Crippen molar-refractivity contribution in [2.24, 2.45) is 40.1 Å². The highest BCUT2D eigenvalue weighted by Crippen LogP contribution is 2.56. The molecule has 0 unspecified atom stereocenters. The summed E-state index contributed by atoms with van der Waals surface area (Å²) < 4.78 is 18.0. The molecular weight excluding hydrogens is 580 g/mol. The van der Waals surface area contributed by atoms with Crippen LogP contribution in [-0.4, -0.2) is 47.9 Å². The van der Waals surface area contributed by atoms with Gasteiger partial charge in [0.25, 0.3) is 5.91 Å². The van der Waals surface area contributed by atoms with Gasteiger partial charge in [0.05, 0.1) is 19.1 Å². The van der Waals surface area contributed by atoms with Gasteiger partial charge in [-0.1, -0.05) is 24.0 Å². The van der Waals surface area contributed by atoms with E-state index in [0.29, 0.717) is 57.0 Å². The number of nitrogens with two attached hydrogens (primary N) is 2. The molecule has 11 heteroatoms. The fourth-order valence-electron chi connectivity index (χ4n) is 7.50. The minimum Gasteiger partial charge on any atom is -0.497 e. The van der Waals surface area contributed by atoms with Crippen LogP contribution >= 0.6 is 36.4 Å². The molecule has 5 aliphatic rings. The smallest absolute Gasteiger partial charge is 0.266 e. The van der Waals surface area contributed by atoms with Crippen molar-refractivity contribution >= 4 is 58.7 Å². The lowest BCUT2D eigenvalue weighted by atomic mass is 9.54. The van der Waals surface area contributed by atoms with E-state index in [4.69, 9.17) is 37.6 Å². The van der Waals surface area contributed by atoms with Gasteiger partial charge in [-0.2, -0.15) is 0 Å². The van der Waals surface area contributed by atoms with Crippen LogP contribution in [0.5, 0.6) is 11.5 Å². The number of thioether (sulfide) groups is 1. The molecule has 4 aliphatic carbocycles. The van der Waals surface area contributed by atoms with Gasteiger partial charge in [0.2, 0.25) is 0 Å². The number of carbonyl (C=O) groups excluding carboxylic acids is 1. The first-order chi connectivity index (χ1) is 19.3. The first kappa shape index (κ1) is 29.8. The molecule has 0 radical (unpaired) electrons. The van der Waals surface area contributed by atoms with Crippen LogP contribution in [0.2, 0.25) is 0 Å². The summed E-state index contributed by atoms with van der Waals surface area (Å²) in [5.41, 5.74) is 12.8. The van der Waals surface area contributed by atoms with Crippen LogP contribution in [0.3, 0.4) is 0 Å². The lowest BCUT2D eigenvalue weighted by molar-refractivity contribution is -0.130. The van der Waals surface area contributed by atoms with E-state index >= 15 is 0 Å². The number of aryl methyl sites for hydroxylation is 1. The van der Waals surface area contributed by atoms with Gasteiger partial charge in [-0.25, -0.2) is 0 Å². The SMILES string of the molecule is COc1cc(OC)cc(-c2cc(CCCN=C(N)N)c(/C=C3\SC(=S)N(C4C5CC6CC(C5)CC4C6)C3=O)o2)c1.Cl. The number of guanidine groups is 1. The zero-order valence-electron chi connectivity index (χ0n) is 23.3. The number of carbonyl (C=O) groups is 1. The van der Waals surface area contributed by atoms with E-state index < -0.39 is 0 Å². The van der Waals surface area contributed by atoms with Crippen LogP contribution in [0.4, 0.5) is 0 Å². The van der Waals surface area contributed by atoms with Gasteiger partial charge >= 0.3 is 0 Å². The lowest BCUT2D eigenvalue weighted by Crippen LogP contribution is -2.57. The number of furan rings is 1. The molecule has 1 aromatic heterocycles. The monoisotopic (exact) mass is 616 g/mol. The molecule has 1 amide bonds. The Balaban J connectivity index is 0.00000337. The Kier molecular flexibility index (Phi) is 8.92. The molecule has 5 fully saturated rings. The van der Waals surface area contributed by atoms with Crippen LogP contribution in [0, 0.1) is 23.7 Å². The second-order valence-electron chi connectivity index (χ2n) is 11.5. The number of rotatable bonds is 9. The van der Waals surface area contributed by atoms with Gasteiger partial charge in [-0.3, -0.25) is 14.7 Å². The second kappa shape index (κ2) is 12.3. The number of benzene rings is 1. The minimum absolute atomic E-state index is 0. The summed E-state index contributed by atoms with van der Waals surface area (Å²) in [5, 5.41) is 0. The van der Waals surface area contributed by atoms with Crippen LogP contribution in [0.1, 0.15) is 49.8 Å². The summed E-state index contributed by atoms with van der Waals surface area (Å²) >= 11 is 7.21. The van der Waals surface area contributed by atoms with Gasteiger partial charge in [0.15, 0.2) is 5.96 Å². The van der Waals surface area contributed by atoms with Crippen molar-refractivity contribution in [3.05, 3.63) is 40.5 Å². The Hall–Kier alpha value is -2.69. The van der Waals surface area contributed by atoms with Crippen molar-refractivity contribution in [3.8, 4) is 22.8 Å². The van der Waals surface area contributed by atoms with Crippen molar-refractivity contribution in [2.75, 3.05) is 20.8 Å². The average molecular weight is 617 g/mol. The standard InChI is InChI=1S/C30H36N4O4S2.ClH/c1-36-22-11-19(12-23(14-22)37-2)24-13-18(4-3-5-33-29(31)32)25(38-24)15-26-28(35)34(30(39)40-26)27-20-7-16-6-17(9-20)10-21(27)8-16;/h11-17,20-21,27H,3-10H2,1-2H3,(H4,31,32,33);1H/b26-15-;. The quantitative estimate of drug-likeness (QED) is 0.123. The molecule has 1 aromatic carbocycles. The molecule has 8 nitrogen and oxygen atoms in total. The third kappa shape index (κ3) is 5.96. The summed E-state index contributed by atoms with van der Waals surface area (Å²) in [6.07, 6.45) is 9.60. The van der Waals surface area contributed by atoms with Gasteiger partial charge in [0.1, 0.15) is 27.3 Å². The van der Waals surface area contributed by atoms with Crippen molar-refractivity contribution < 1.29 is 18.7 Å². The number of hydrogen-bond donors (Lipinski definition) is 2. The highest BCUT2D eigenvalue weighted by Gasteiger charge is 2.53. The van der Waals surface area contributed by atoms with Gasteiger partial charge in [-0.05, 0) is 92.4 Å². The Morgan fingerprint density at radius 2 is 1.71 bits per heavy atom. The van der Waals surface area contributed by atoms with E-state index in [-0.39, 0.29) is 30.3 Å². The first-order valence-electron chi connectivity index (χ1n) is 14.0. The maximum absolute atomic E-state index is 13.9. The molecular formula is C30H37ClN4O4S2. The van der Waals surface area contributed by atoms with E-state index in [2.05, 4.69) is 4.99 Å². The van der Waals surface area contributed by atoms with E-state index in [1.165, 1.54) is 43.9 Å². The molecule has 2 aromatic rings. The predicted molar refractivity (Wildman–Crippen MR) is 169 cm³/mol. The van der Waals surface area contributed by atoms with Crippen LogP contribution in [0.15, 0.2) is 38.6 Å². The number of thiocarbonyl (C=S) groups is 1. The first-order valence-corrected chi connectivity index (χ1v) is 15.2. The lowest BCUT2D eigenvalue weighted by Gasteiger charge is -2.56. The van der Waals surface area contributed by atoms with Crippen molar-refractivity contribution in [1.29, 1.82) is 0 Å². The number of aliphatic imine (C=N–C) groups is 1. The van der Waals surface area contributed by atoms with E-state index in [1.54, 1.807) is 14.2 Å². The normalized spacial score (nSPS) is 27.3. The summed E-state index contributed by atoms with van der Waals surface area (Å²) in [4.78, 5) is 20.5. The zero-order chi connectivity index (χ0) is 28.0. The minimum atomic E-state index is 0. The Morgan fingerprint density at radius 1 is 1.07 bits per heavy atom. The molecule has 41 heavy (non-hydrogen) atoms. The maximum atomic E-state index is 13.9. The van der Waals surface area contributed by atoms with Crippen molar-refractivity contribution in [1.82, 2.24) is 4.90 Å². The third-order valence-corrected chi connectivity index (χ3v) is 10.3. The molecule has 2 heterocycles. The summed E-state index contributed by atoms with van der Waals surface area (Å²) in [6, 6.07) is 7.87. The molecule has 220 valence electrons. The molecule has 7 rings (SSSR count). The number of methoxy groups -OCH3 is 2. The van der Waals surface area contributed by atoms with Gasteiger partial charge < -0.3 is 25.4 Å². The summed E-state index contributed by atoms with van der Waals surface area (Å²) in [5.74, 6) is 5.55. The topological polar surface area (TPSA) is 116 Å². The highest BCUT2D eigenvalue weighted by molar-refractivity contribution is 8.26. The summed E-state index contributed by atoms with van der Waals surface area (Å²) in [7, 11) is 3.24. The molecule has 0 spiro atoms. The molecule has 0 atom stereocenters. The highest BCUT2D eigenvalue weighted by atomic mass is 35.5. The van der Waals surface area contributed by atoms with E-state index in [9.17, 15) is 4.79 Å². The second-order valence-corrected chi connectivity index (χ2v) is 13.2. The van der Waals surface area contributed by atoms with E-state index in [0.717, 1.165) is 29.4 Å². The largest absolute Gasteiger partial charge is 0.497 e. The molecule has 4 bridgehead atoms.